The normalized spacial score (nSPS) is 14.4. The third-order valence-electron chi connectivity index (χ3n) is 4.72. The largest absolute Gasteiger partial charge is 0.480 e. The zero-order chi connectivity index (χ0) is 25.4. The van der Waals surface area contributed by atoms with E-state index in [2.05, 4.69) is 10.6 Å². The van der Waals surface area contributed by atoms with E-state index >= 15 is 0 Å². The second-order valence-corrected chi connectivity index (χ2v) is 7.55. The van der Waals surface area contributed by atoms with Crippen molar-refractivity contribution in [2.75, 3.05) is 19.7 Å². The number of hydrogen-bond donors (Lipinski definition) is 9. The van der Waals surface area contributed by atoms with Crippen LogP contribution in [-0.2, 0) is 24.0 Å². The Bertz CT molecular complexity index is 662. The Labute approximate surface area is 192 Å². The first-order valence-corrected chi connectivity index (χ1v) is 10.8. The van der Waals surface area contributed by atoms with Gasteiger partial charge in [-0.2, -0.15) is 0 Å². The zero-order valence-corrected chi connectivity index (χ0v) is 18.6. The first kappa shape index (κ1) is 30.2. The number of primary amides is 1. The molecule has 0 spiro atoms. The average molecular weight is 476 g/mol. The van der Waals surface area contributed by atoms with Crippen molar-refractivity contribution in [1.29, 1.82) is 0 Å². The maximum atomic E-state index is 12.7. The first-order chi connectivity index (χ1) is 15.6. The quantitative estimate of drug-likeness (QED) is 0.0866. The molecule has 13 N–H and O–H groups in total. The number of rotatable bonds is 18. The second-order valence-electron chi connectivity index (χ2n) is 7.55. The molecule has 33 heavy (non-hydrogen) atoms. The Kier molecular flexibility index (Phi) is 15.3. The lowest BCUT2D eigenvalue weighted by molar-refractivity contribution is -0.144. The van der Waals surface area contributed by atoms with Crippen molar-refractivity contribution < 1.29 is 34.2 Å². The molecule has 0 radical (unpaired) electrons. The molecule has 0 saturated heterocycles. The van der Waals surface area contributed by atoms with Gasteiger partial charge in [0.05, 0.1) is 19.1 Å². The maximum Gasteiger partial charge on any atom is 0.326 e. The smallest absolute Gasteiger partial charge is 0.326 e. The Morgan fingerprint density at radius 3 is 1.70 bits per heavy atom. The van der Waals surface area contributed by atoms with Gasteiger partial charge in [-0.1, -0.05) is 6.42 Å². The molecule has 4 atom stereocenters. The maximum absolute atomic E-state index is 12.7. The van der Waals surface area contributed by atoms with Gasteiger partial charge in [-0.25, -0.2) is 4.79 Å². The lowest BCUT2D eigenvalue weighted by atomic mass is 10.1. The summed E-state index contributed by atoms with van der Waals surface area (Å²) in [5.41, 5.74) is 21.7. The summed E-state index contributed by atoms with van der Waals surface area (Å²) in [5, 5.41) is 25.5. The van der Waals surface area contributed by atoms with Gasteiger partial charge < -0.3 is 49.1 Å². The fraction of sp³-hybridized carbons (Fsp3) is 0.737. The van der Waals surface area contributed by atoms with Crippen LogP contribution in [0.4, 0.5) is 0 Å². The van der Waals surface area contributed by atoms with Crippen LogP contribution < -0.4 is 38.9 Å². The first-order valence-electron chi connectivity index (χ1n) is 10.8. The van der Waals surface area contributed by atoms with Crippen LogP contribution in [-0.4, -0.2) is 83.7 Å². The van der Waals surface area contributed by atoms with Crippen molar-refractivity contribution in [3.8, 4) is 0 Å². The number of amides is 4. The molecule has 0 aliphatic rings. The molecule has 0 aliphatic heterocycles. The van der Waals surface area contributed by atoms with Gasteiger partial charge in [0.15, 0.2) is 0 Å². The molecule has 14 nitrogen and oxygen atoms in total. The van der Waals surface area contributed by atoms with Crippen LogP contribution in [0.1, 0.15) is 44.9 Å². The molecular weight excluding hydrogens is 438 g/mol. The zero-order valence-electron chi connectivity index (χ0n) is 18.6. The molecule has 190 valence electrons. The van der Waals surface area contributed by atoms with Gasteiger partial charge in [0.1, 0.15) is 18.1 Å². The fourth-order valence-electron chi connectivity index (χ4n) is 2.82. The van der Waals surface area contributed by atoms with Crippen LogP contribution in [0.25, 0.3) is 0 Å². The summed E-state index contributed by atoms with van der Waals surface area (Å²) in [6.45, 7) is -0.0210. The summed E-state index contributed by atoms with van der Waals surface area (Å²) in [6.07, 6.45) is 2.31. The van der Waals surface area contributed by atoms with Crippen LogP contribution in [0.5, 0.6) is 0 Å². The van der Waals surface area contributed by atoms with Crippen molar-refractivity contribution >= 4 is 29.6 Å². The molecule has 0 fully saturated rings. The molecule has 0 bridgehead atoms. The topological polar surface area (TPSA) is 266 Å². The summed E-state index contributed by atoms with van der Waals surface area (Å²) in [7, 11) is 0. The highest BCUT2D eigenvalue weighted by molar-refractivity contribution is 5.94. The molecule has 0 rings (SSSR count). The standard InChI is InChI=1S/C19H37N7O7/c20-7-3-1-5-11(22)16(29)24-12(6-2-4-8-21)17(30)26-14(10-27)18(31)25-13(19(32)33)9-15(23)28/h11-14,27H,1-10,20-22H2,(H2,23,28)(H,24,29)(H,25,31)(H,26,30)(H,32,33). The van der Waals surface area contributed by atoms with Gasteiger partial charge in [-0.15, -0.1) is 0 Å². The summed E-state index contributed by atoms with van der Waals surface area (Å²) in [4.78, 5) is 59.6. The Morgan fingerprint density at radius 2 is 1.21 bits per heavy atom. The van der Waals surface area contributed by atoms with E-state index in [0.29, 0.717) is 45.2 Å². The van der Waals surface area contributed by atoms with Gasteiger partial charge in [-0.05, 0) is 45.2 Å². The van der Waals surface area contributed by atoms with E-state index in [1.807, 2.05) is 5.32 Å². The number of carboxylic acid groups (broad SMARTS) is 1. The number of aliphatic carboxylic acids is 1. The molecule has 0 aromatic carbocycles. The van der Waals surface area contributed by atoms with Crippen LogP contribution >= 0.6 is 0 Å². The summed E-state index contributed by atoms with van der Waals surface area (Å²) >= 11 is 0. The lowest BCUT2D eigenvalue weighted by Gasteiger charge is -2.24. The number of hydrogen-bond acceptors (Lipinski definition) is 9. The molecule has 0 aromatic rings. The SMILES string of the molecule is NCCCCC(N)C(=O)NC(CCCCN)C(=O)NC(CO)C(=O)NC(CC(N)=O)C(=O)O. The van der Waals surface area contributed by atoms with Gasteiger partial charge >= 0.3 is 5.97 Å². The molecule has 0 heterocycles. The van der Waals surface area contributed by atoms with Gasteiger partial charge in [-0.3, -0.25) is 19.2 Å². The molecule has 14 heteroatoms. The van der Waals surface area contributed by atoms with Crippen molar-refractivity contribution in [2.45, 2.75) is 69.1 Å². The third-order valence-corrected chi connectivity index (χ3v) is 4.72. The number of carbonyl (C=O) groups excluding carboxylic acids is 4. The van der Waals surface area contributed by atoms with Crippen LogP contribution in [0.3, 0.4) is 0 Å². The van der Waals surface area contributed by atoms with E-state index in [9.17, 15) is 29.1 Å². The molecule has 0 aromatic heterocycles. The molecule has 4 unspecified atom stereocenters. The van der Waals surface area contributed by atoms with Gasteiger partial charge in [0, 0.05) is 0 Å². The lowest BCUT2D eigenvalue weighted by Crippen LogP contribution is -2.58. The minimum absolute atomic E-state index is 0.198. The molecule has 4 amide bonds. The van der Waals surface area contributed by atoms with E-state index in [0.717, 1.165) is 0 Å². The second kappa shape index (κ2) is 16.8. The van der Waals surface area contributed by atoms with Crippen molar-refractivity contribution in [3.05, 3.63) is 0 Å². The van der Waals surface area contributed by atoms with E-state index in [4.69, 9.17) is 28.0 Å². The monoisotopic (exact) mass is 475 g/mol. The Morgan fingerprint density at radius 1 is 0.727 bits per heavy atom. The van der Waals surface area contributed by atoms with Crippen molar-refractivity contribution in [2.24, 2.45) is 22.9 Å². The van der Waals surface area contributed by atoms with E-state index in [1.165, 1.54) is 0 Å². The Hall–Kier alpha value is -2.81. The van der Waals surface area contributed by atoms with E-state index in [-0.39, 0.29) is 6.42 Å². The number of nitrogens with one attached hydrogen (secondary N) is 3. The number of carbonyl (C=O) groups is 5. The van der Waals surface area contributed by atoms with Gasteiger partial charge in [0.2, 0.25) is 23.6 Å². The number of nitrogens with two attached hydrogens (primary N) is 4. The predicted molar refractivity (Wildman–Crippen MR) is 118 cm³/mol. The highest BCUT2D eigenvalue weighted by Crippen LogP contribution is 2.05. The van der Waals surface area contributed by atoms with Crippen LogP contribution in [0.2, 0.25) is 0 Å². The number of unbranched alkanes of at least 4 members (excludes halogenated alkanes) is 2. The minimum Gasteiger partial charge on any atom is -0.480 e. The Balaban J connectivity index is 5.19. The number of aliphatic hydroxyl groups is 1. The fourth-order valence-corrected chi connectivity index (χ4v) is 2.82. The highest BCUT2D eigenvalue weighted by Gasteiger charge is 2.30. The van der Waals surface area contributed by atoms with E-state index in [1.54, 1.807) is 0 Å². The summed E-state index contributed by atoms with van der Waals surface area (Å²) < 4.78 is 0. The summed E-state index contributed by atoms with van der Waals surface area (Å²) in [6, 6.07) is -5.08. The molecule has 0 aliphatic carbocycles. The molecule has 0 saturated carbocycles. The van der Waals surface area contributed by atoms with Crippen molar-refractivity contribution in [1.82, 2.24) is 16.0 Å². The average Bonchev–Trinajstić information content (AvgIpc) is 2.75. The summed E-state index contributed by atoms with van der Waals surface area (Å²) in [5.74, 6) is -4.84. The van der Waals surface area contributed by atoms with Crippen LogP contribution in [0, 0.1) is 0 Å². The minimum atomic E-state index is -1.63. The third kappa shape index (κ3) is 12.7. The highest BCUT2D eigenvalue weighted by atomic mass is 16.4. The molecular formula is C19H37N7O7. The van der Waals surface area contributed by atoms with Crippen LogP contribution in [0.15, 0.2) is 0 Å². The van der Waals surface area contributed by atoms with Crippen molar-refractivity contribution in [3.63, 3.8) is 0 Å². The predicted octanol–water partition coefficient (Wildman–Crippen LogP) is -4.02. The number of carboxylic acids is 1. The van der Waals surface area contributed by atoms with E-state index < -0.39 is 66.8 Å². The number of aliphatic hydroxyl groups excluding tert-OH is 1. The van der Waals surface area contributed by atoms with Gasteiger partial charge in [0.25, 0.3) is 0 Å².